The van der Waals surface area contributed by atoms with Gasteiger partial charge in [-0.1, -0.05) is 60.1 Å². The van der Waals surface area contributed by atoms with Gasteiger partial charge in [-0.15, -0.1) is 0 Å². The average molecular weight is 585 g/mol. The number of rotatable bonds is 17. The molecule has 0 aromatic carbocycles. The van der Waals surface area contributed by atoms with Crippen LogP contribution in [0.3, 0.4) is 0 Å². The van der Waals surface area contributed by atoms with E-state index in [9.17, 15) is 24.3 Å². The third kappa shape index (κ3) is 11.9. The molecule has 0 spiro atoms. The summed E-state index contributed by atoms with van der Waals surface area (Å²) in [4.78, 5) is 49.0. The van der Waals surface area contributed by atoms with Crippen LogP contribution in [0.4, 0.5) is 0 Å². The zero-order chi connectivity index (χ0) is 31.6. The molecule has 0 saturated carbocycles. The minimum atomic E-state index is -2.32. The van der Waals surface area contributed by atoms with Crippen LogP contribution in [0.2, 0.25) is 18.1 Å². The predicted octanol–water partition coefficient (Wildman–Crippen LogP) is 6.20. The van der Waals surface area contributed by atoms with Crippen molar-refractivity contribution >= 4 is 31.8 Å². The van der Waals surface area contributed by atoms with Gasteiger partial charge in [0.25, 0.3) is 0 Å². The predicted molar refractivity (Wildman–Crippen MR) is 160 cm³/mol. The molecule has 0 aliphatic rings. The third-order valence-electron chi connectivity index (χ3n) is 8.44. The maximum Gasteiger partial charge on any atom is 0.308 e. The van der Waals surface area contributed by atoms with Crippen molar-refractivity contribution in [2.24, 2.45) is 17.3 Å². The molecule has 0 amide bonds. The molecule has 0 saturated heterocycles. The summed E-state index contributed by atoms with van der Waals surface area (Å²) >= 11 is 0. The number of ketones is 2. The topological polar surface area (TPSA) is 116 Å². The highest BCUT2D eigenvalue weighted by molar-refractivity contribution is 6.74. The van der Waals surface area contributed by atoms with Gasteiger partial charge < -0.3 is 19.0 Å². The Morgan fingerprint density at radius 1 is 0.975 bits per heavy atom. The number of carbonyl (C=O) groups is 4. The van der Waals surface area contributed by atoms with Crippen molar-refractivity contribution in [3.63, 3.8) is 0 Å². The molecule has 9 heteroatoms. The van der Waals surface area contributed by atoms with Gasteiger partial charge in [-0.25, -0.2) is 0 Å². The van der Waals surface area contributed by atoms with Gasteiger partial charge in [-0.05, 0) is 57.2 Å². The van der Waals surface area contributed by atoms with E-state index >= 15 is 0 Å². The van der Waals surface area contributed by atoms with E-state index in [0.717, 1.165) is 18.4 Å². The summed E-state index contributed by atoms with van der Waals surface area (Å²) in [6.45, 7) is 22.4. The Balaban J connectivity index is 5.40. The second kappa shape index (κ2) is 16.0. The van der Waals surface area contributed by atoms with E-state index in [-0.39, 0.29) is 28.9 Å². The highest BCUT2D eigenvalue weighted by atomic mass is 28.4. The first kappa shape index (κ1) is 38.2. The molecule has 232 valence electrons. The summed E-state index contributed by atoms with van der Waals surface area (Å²) < 4.78 is 16.6. The van der Waals surface area contributed by atoms with E-state index in [1.807, 2.05) is 19.9 Å². The molecule has 0 radical (unpaired) electrons. The van der Waals surface area contributed by atoms with E-state index < -0.39 is 49.9 Å². The van der Waals surface area contributed by atoms with Crippen molar-refractivity contribution in [1.82, 2.24) is 0 Å². The zero-order valence-corrected chi connectivity index (χ0v) is 28.3. The van der Waals surface area contributed by atoms with E-state index in [4.69, 9.17) is 13.9 Å². The van der Waals surface area contributed by atoms with Crippen molar-refractivity contribution in [2.45, 2.75) is 138 Å². The molecule has 0 aliphatic heterocycles. The number of hydrogen-bond acceptors (Lipinski definition) is 8. The lowest BCUT2D eigenvalue weighted by Gasteiger charge is -2.44. The molecule has 0 fully saturated rings. The van der Waals surface area contributed by atoms with E-state index in [0.29, 0.717) is 12.8 Å². The molecule has 0 aromatic heterocycles. The number of hydrogen-bond donors (Lipinski definition) is 1. The van der Waals surface area contributed by atoms with Crippen LogP contribution in [0.25, 0.3) is 0 Å². The van der Waals surface area contributed by atoms with Crippen LogP contribution < -0.4 is 0 Å². The van der Waals surface area contributed by atoms with Crippen LogP contribution in [0.1, 0.15) is 101 Å². The Hall–Kier alpha value is -1.84. The van der Waals surface area contributed by atoms with Crippen LogP contribution in [0.15, 0.2) is 11.6 Å². The Kier molecular flexibility index (Phi) is 15.2. The van der Waals surface area contributed by atoms with Gasteiger partial charge in [0.15, 0.2) is 20.2 Å². The number of Topliss-reactive ketones (excluding diaryl/α,β-unsaturated/α-hetero) is 2. The summed E-state index contributed by atoms with van der Waals surface area (Å²) in [5.74, 6) is -2.03. The highest BCUT2D eigenvalue weighted by Crippen LogP contribution is 2.42. The van der Waals surface area contributed by atoms with Gasteiger partial charge in [0, 0.05) is 24.7 Å². The first-order chi connectivity index (χ1) is 18.1. The molecule has 5 atom stereocenters. The van der Waals surface area contributed by atoms with Crippen molar-refractivity contribution in [3.05, 3.63) is 11.6 Å². The molecule has 0 aromatic rings. The monoisotopic (exact) mass is 584 g/mol. The Morgan fingerprint density at radius 3 is 1.98 bits per heavy atom. The lowest BCUT2D eigenvalue weighted by molar-refractivity contribution is -0.152. The van der Waals surface area contributed by atoms with Crippen LogP contribution in [0.5, 0.6) is 0 Å². The van der Waals surface area contributed by atoms with Crippen LogP contribution in [0, 0.1) is 17.3 Å². The molecule has 0 aliphatic carbocycles. The second-order valence-electron chi connectivity index (χ2n) is 13.4. The van der Waals surface area contributed by atoms with Gasteiger partial charge in [-0.2, -0.15) is 0 Å². The van der Waals surface area contributed by atoms with E-state index in [2.05, 4.69) is 33.9 Å². The largest absolute Gasteiger partial charge is 0.469 e. The number of carbonyl (C=O) groups excluding carboxylic acids is 4. The van der Waals surface area contributed by atoms with Crippen LogP contribution >= 0.6 is 0 Å². The number of aliphatic hydroxyl groups is 1. The number of allylic oxidation sites excluding steroid dienone is 1. The number of esters is 2. The second-order valence-corrected chi connectivity index (χ2v) is 18.1. The summed E-state index contributed by atoms with van der Waals surface area (Å²) in [6, 6.07) is 0. The van der Waals surface area contributed by atoms with E-state index in [1.54, 1.807) is 20.8 Å². The summed E-state index contributed by atoms with van der Waals surface area (Å²) in [7, 11) is -0.989. The summed E-state index contributed by atoms with van der Waals surface area (Å²) in [6.07, 6.45) is 2.18. The van der Waals surface area contributed by atoms with Crippen molar-refractivity contribution in [1.29, 1.82) is 0 Å². The number of ether oxygens (including phenoxy) is 2. The molecular weight excluding hydrogens is 528 g/mol. The fourth-order valence-corrected chi connectivity index (χ4v) is 5.83. The summed E-state index contributed by atoms with van der Waals surface area (Å²) in [5, 5.41) is 11.0. The number of methoxy groups -OCH3 is 1. The van der Waals surface area contributed by atoms with Gasteiger partial charge in [0.05, 0.1) is 25.7 Å². The lowest BCUT2D eigenvalue weighted by atomic mass is 9.73. The SMILES string of the molecule is COC(=O)CC(O[Si](C)(C)C(C)(C)C)C(C)(C)C(=O)C(C)C(O)C(C)CCCC(C)=CCC(OC(C)=O)C(C)=O. The fraction of sp³-hybridized carbons (Fsp3) is 0.806. The van der Waals surface area contributed by atoms with Crippen LogP contribution in [-0.4, -0.2) is 62.4 Å². The molecule has 0 rings (SSSR count). The number of aliphatic hydroxyl groups excluding tert-OH is 1. The molecule has 0 bridgehead atoms. The quantitative estimate of drug-likeness (QED) is 0.122. The van der Waals surface area contributed by atoms with E-state index in [1.165, 1.54) is 21.0 Å². The standard InChI is InChI=1S/C31H56O8Si/c1-20(17-18-25(23(4)32)38-24(5)33)15-14-16-21(2)28(35)22(3)29(36)31(9,10)26(19-27(34)37-11)39-40(12,13)30(6,7)8/h17,21-22,25-26,28,35H,14-16,18-19H2,1-13H3. The van der Waals surface area contributed by atoms with Gasteiger partial charge in [0.1, 0.15) is 5.78 Å². The fourth-order valence-electron chi connectivity index (χ4n) is 4.39. The van der Waals surface area contributed by atoms with Gasteiger partial charge in [-0.3, -0.25) is 19.2 Å². The molecule has 1 N–H and O–H groups in total. The average Bonchev–Trinajstić information content (AvgIpc) is 2.83. The lowest BCUT2D eigenvalue weighted by Crippen LogP contribution is -2.52. The minimum absolute atomic E-state index is 0.0341. The highest BCUT2D eigenvalue weighted by Gasteiger charge is 2.48. The van der Waals surface area contributed by atoms with Gasteiger partial charge >= 0.3 is 11.9 Å². The molecule has 40 heavy (non-hydrogen) atoms. The normalized spacial score (nSPS) is 16.9. The Labute approximate surface area is 243 Å². The molecule has 0 heterocycles. The third-order valence-corrected chi connectivity index (χ3v) is 12.9. The zero-order valence-electron chi connectivity index (χ0n) is 27.3. The molecular formula is C31H56O8Si. The van der Waals surface area contributed by atoms with Crippen molar-refractivity contribution in [3.8, 4) is 0 Å². The summed E-state index contributed by atoms with van der Waals surface area (Å²) in [5.41, 5.74) is 0.0528. The van der Waals surface area contributed by atoms with Crippen LogP contribution in [-0.2, 0) is 33.1 Å². The molecule has 5 unspecified atom stereocenters. The minimum Gasteiger partial charge on any atom is -0.469 e. The molecule has 8 nitrogen and oxygen atoms in total. The van der Waals surface area contributed by atoms with Gasteiger partial charge in [0.2, 0.25) is 0 Å². The Bertz CT molecular complexity index is 900. The maximum absolute atomic E-state index is 13.8. The van der Waals surface area contributed by atoms with Crippen molar-refractivity contribution in [2.75, 3.05) is 7.11 Å². The first-order valence-electron chi connectivity index (χ1n) is 14.4. The Morgan fingerprint density at radius 2 is 1.52 bits per heavy atom. The maximum atomic E-state index is 13.8. The smallest absolute Gasteiger partial charge is 0.308 e. The van der Waals surface area contributed by atoms with Crippen molar-refractivity contribution < 1.29 is 38.2 Å². The first-order valence-corrected chi connectivity index (χ1v) is 17.3.